The molecule has 0 unspecified atom stereocenters. The van der Waals surface area contributed by atoms with E-state index in [9.17, 15) is 4.79 Å². The van der Waals surface area contributed by atoms with Crippen molar-refractivity contribution in [1.29, 1.82) is 0 Å². The summed E-state index contributed by atoms with van der Waals surface area (Å²) in [4.78, 5) is 15.1. The molecule has 1 aromatic heterocycles. The van der Waals surface area contributed by atoms with E-state index in [0.29, 0.717) is 0 Å². The van der Waals surface area contributed by atoms with E-state index >= 15 is 0 Å². The van der Waals surface area contributed by atoms with Crippen LogP contribution in [0, 0.1) is 0 Å². The normalized spacial score (nSPS) is 21.0. The number of aromatic nitrogens is 1. The molecule has 136 valence electrons. The molecule has 1 amide bonds. The number of nitrogens with zero attached hydrogens (tertiary/aromatic N) is 2. The zero-order valence-electron chi connectivity index (χ0n) is 16.1. The number of hydrogen-bond donors (Lipinski definition) is 0. The third-order valence-corrected chi connectivity index (χ3v) is 6.18. The monoisotopic (exact) mass is 348 g/mol. The second kappa shape index (κ2) is 6.79. The smallest absolute Gasteiger partial charge is 0.250 e. The molecule has 0 N–H and O–H groups in total. The van der Waals surface area contributed by atoms with Gasteiger partial charge in [-0.25, -0.2) is 0 Å². The van der Waals surface area contributed by atoms with Gasteiger partial charge in [0.05, 0.1) is 6.04 Å². The molecular formula is C23H28N2O. The highest BCUT2D eigenvalue weighted by atomic mass is 16.2. The second-order valence-electron chi connectivity index (χ2n) is 7.78. The number of aryl methyl sites for hydroxylation is 1. The molecule has 0 radical (unpaired) electrons. The molecule has 26 heavy (non-hydrogen) atoms. The van der Waals surface area contributed by atoms with Crippen molar-refractivity contribution in [3.8, 4) is 0 Å². The van der Waals surface area contributed by atoms with Gasteiger partial charge in [-0.15, -0.1) is 0 Å². The number of allylic oxidation sites excluding steroid dienone is 1. The number of amides is 1. The molecule has 0 saturated carbocycles. The second-order valence-corrected chi connectivity index (χ2v) is 7.78. The Labute approximate surface area is 156 Å². The predicted octanol–water partition coefficient (Wildman–Crippen LogP) is 5.29. The highest BCUT2D eigenvalue weighted by Crippen LogP contribution is 2.41. The third kappa shape index (κ3) is 2.80. The van der Waals surface area contributed by atoms with Gasteiger partial charge in [0.1, 0.15) is 0 Å². The molecule has 1 aromatic carbocycles. The molecule has 0 fully saturated rings. The summed E-state index contributed by atoms with van der Waals surface area (Å²) in [6.07, 6.45) is 10.6. The van der Waals surface area contributed by atoms with E-state index in [0.717, 1.165) is 18.5 Å². The van der Waals surface area contributed by atoms with Gasteiger partial charge in [0.2, 0.25) is 5.91 Å². The van der Waals surface area contributed by atoms with Crippen molar-refractivity contribution in [2.45, 2.75) is 52.0 Å². The molecule has 0 saturated heterocycles. The summed E-state index contributed by atoms with van der Waals surface area (Å²) in [5.41, 5.74) is 6.12. The van der Waals surface area contributed by atoms with E-state index in [-0.39, 0.29) is 11.9 Å². The highest BCUT2D eigenvalue weighted by molar-refractivity contribution is 5.98. The van der Waals surface area contributed by atoms with Crippen LogP contribution in [-0.2, 0) is 11.8 Å². The quantitative estimate of drug-likeness (QED) is 0.689. The number of carbonyl (C=O) groups excluding carboxylic acids is 1. The van der Waals surface area contributed by atoms with E-state index < -0.39 is 0 Å². The summed E-state index contributed by atoms with van der Waals surface area (Å²) in [6.45, 7) is 4.92. The molecule has 2 heterocycles. The lowest BCUT2D eigenvalue weighted by atomic mass is 9.96. The lowest BCUT2D eigenvalue weighted by molar-refractivity contribution is -0.127. The maximum atomic E-state index is 13.0. The van der Waals surface area contributed by atoms with Crippen LogP contribution >= 0.6 is 0 Å². The number of fused-ring (bicyclic) bond motifs is 1. The van der Waals surface area contributed by atoms with Crippen LogP contribution in [0.3, 0.4) is 0 Å². The van der Waals surface area contributed by atoms with Crippen LogP contribution in [0.4, 0.5) is 0 Å². The van der Waals surface area contributed by atoms with Gasteiger partial charge in [-0.3, -0.25) is 4.79 Å². The fourth-order valence-corrected chi connectivity index (χ4v) is 4.56. The summed E-state index contributed by atoms with van der Waals surface area (Å²) in [5.74, 6) is 0.205. The van der Waals surface area contributed by atoms with Crippen LogP contribution in [0.1, 0.15) is 57.6 Å². The minimum absolute atomic E-state index is 0.0674. The molecule has 0 spiro atoms. The van der Waals surface area contributed by atoms with Crippen LogP contribution in [-0.4, -0.2) is 21.9 Å². The van der Waals surface area contributed by atoms with Crippen LogP contribution in [0.5, 0.6) is 0 Å². The zero-order chi connectivity index (χ0) is 18.3. The van der Waals surface area contributed by atoms with E-state index in [2.05, 4.69) is 60.0 Å². The Morgan fingerprint density at radius 2 is 1.96 bits per heavy atom. The van der Waals surface area contributed by atoms with Crippen molar-refractivity contribution in [2.24, 2.45) is 7.05 Å². The minimum Gasteiger partial charge on any atom is -0.350 e. The standard InChI is InChI=1S/C23H28N2O/c1-16-17(2)23(26)25(14-13-18-9-5-4-6-10-18)22(16)20-15-24(3)21-12-8-7-11-19(20)21/h7-9,11-12,15,22H,4-6,10,13-14H2,1-3H3/t22-/m0/s1. The first-order valence-electron chi connectivity index (χ1n) is 9.78. The van der Waals surface area contributed by atoms with E-state index in [1.54, 1.807) is 0 Å². The number of hydrogen-bond acceptors (Lipinski definition) is 1. The maximum absolute atomic E-state index is 13.0. The van der Waals surface area contributed by atoms with Crippen LogP contribution in [0.15, 0.2) is 53.3 Å². The molecule has 3 nitrogen and oxygen atoms in total. The summed E-state index contributed by atoms with van der Waals surface area (Å²) >= 11 is 0. The number of benzene rings is 1. The fourth-order valence-electron chi connectivity index (χ4n) is 4.56. The van der Waals surface area contributed by atoms with Crippen molar-refractivity contribution < 1.29 is 4.79 Å². The molecule has 4 rings (SSSR count). The zero-order valence-corrected chi connectivity index (χ0v) is 16.1. The van der Waals surface area contributed by atoms with Crippen molar-refractivity contribution in [3.05, 3.63) is 58.8 Å². The average molecular weight is 348 g/mol. The topological polar surface area (TPSA) is 25.2 Å². The molecule has 0 bridgehead atoms. The SMILES string of the molecule is CC1=C(C)[C@@H](c2cn(C)c3ccccc23)N(CCC2=CCCCC2)C1=O. The van der Waals surface area contributed by atoms with Gasteiger partial charge in [-0.1, -0.05) is 29.8 Å². The lowest BCUT2D eigenvalue weighted by Crippen LogP contribution is -2.31. The average Bonchev–Trinajstić information content (AvgIpc) is 3.10. The van der Waals surface area contributed by atoms with Gasteiger partial charge >= 0.3 is 0 Å². The first-order chi connectivity index (χ1) is 12.6. The van der Waals surface area contributed by atoms with E-state index in [4.69, 9.17) is 0 Å². The maximum Gasteiger partial charge on any atom is 0.250 e. The van der Waals surface area contributed by atoms with E-state index in [1.165, 1.54) is 53.3 Å². The van der Waals surface area contributed by atoms with Gasteiger partial charge in [0.25, 0.3) is 0 Å². The van der Waals surface area contributed by atoms with Crippen molar-refractivity contribution in [1.82, 2.24) is 9.47 Å². The van der Waals surface area contributed by atoms with Gasteiger partial charge in [0.15, 0.2) is 0 Å². The molecule has 1 atom stereocenters. The Balaban J connectivity index is 1.69. The fraction of sp³-hybridized carbons (Fsp3) is 0.435. The van der Waals surface area contributed by atoms with Gasteiger partial charge < -0.3 is 9.47 Å². The summed E-state index contributed by atoms with van der Waals surface area (Å²) in [7, 11) is 2.09. The number of rotatable bonds is 4. The Hall–Kier alpha value is -2.29. The van der Waals surface area contributed by atoms with Crippen molar-refractivity contribution >= 4 is 16.8 Å². The Morgan fingerprint density at radius 3 is 2.73 bits per heavy atom. The largest absolute Gasteiger partial charge is 0.350 e. The van der Waals surface area contributed by atoms with Gasteiger partial charge in [0, 0.05) is 41.8 Å². The van der Waals surface area contributed by atoms with Crippen LogP contribution < -0.4 is 0 Å². The van der Waals surface area contributed by atoms with Gasteiger partial charge in [-0.05, 0) is 57.6 Å². The Bertz CT molecular complexity index is 915. The number of para-hydroxylation sites is 1. The van der Waals surface area contributed by atoms with Crippen LogP contribution in [0.2, 0.25) is 0 Å². The first kappa shape index (κ1) is 17.1. The summed E-state index contributed by atoms with van der Waals surface area (Å²) in [5, 5.41) is 1.25. The van der Waals surface area contributed by atoms with Crippen molar-refractivity contribution in [3.63, 3.8) is 0 Å². The first-order valence-corrected chi connectivity index (χ1v) is 9.78. The van der Waals surface area contributed by atoms with Crippen molar-refractivity contribution in [2.75, 3.05) is 6.54 Å². The van der Waals surface area contributed by atoms with Gasteiger partial charge in [-0.2, -0.15) is 0 Å². The molecular weight excluding hydrogens is 320 g/mol. The molecule has 1 aliphatic heterocycles. The highest BCUT2D eigenvalue weighted by Gasteiger charge is 2.36. The summed E-state index contributed by atoms with van der Waals surface area (Å²) < 4.78 is 2.18. The number of carbonyl (C=O) groups is 1. The Morgan fingerprint density at radius 1 is 1.15 bits per heavy atom. The lowest BCUT2D eigenvalue weighted by Gasteiger charge is -2.27. The third-order valence-electron chi connectivity index (χ3n) is 6.18. The Kier molecular flexibility index (Phi) is 4.47. The predicted molar refractivity (Wildman–Crippen MR) is 107 cm³/mol. The minimum atomic E-state index is 0.0674. The van der Waals surface area contributed by atoms with Crippen LogP contribution in [0.25, 0.3) is 10.9 Å². The molecule has 3 heteroatoms. The molecule has 2 aliphatic rings. The van der Waals surface area contributed by atoms with E-state index in [1.807, 2.05) is 6.92 Å². The molecule has 2 aromatic rings. The summed E-state index contributed by atoms with van der Waals surface area (Å²) in [6, 6.07) is 8.56. The molecule has 1 aliphatic carbocycles.